The van der Waals surface area contributed by atoms with Gasteiger partial charge < -0.3 is 23.9 Å². The van der Waals surface area contributed by atoms with E-state index in [9.17, 15) is 9.59 Å². The van der Waals surface area contributed by atoms with E-state index in [2.05, 4.69) is 39.1 Å². The molecule has 3 heterocycles. The van der Waals surface area contributed by atoms with Gasteiger partial charge in [-0.3, -0.25) is 9.69 Å². The maximum Gasteiger partial charge on any atom is 0.334 e. The minimum Gasteiger partial charge on any atom is -0.468 e. The monoisotopic (exact) mass is 582 g/mol. The van der Waals surface area contributed by atoms with Gasteiger partial charge in [0.25, 0.3) is 0 Å². The Labute approximate surface area is 213 Å². The second-order valence-corrected chi connectivity index (χ2v) is 10.00. The molecule has 8 nitrogen and oxygen atoms in total. The van der Waals surface area contributed by atoms with Crippen LogP contribution in [0.5, 0.6) is 0 Å². The third kappa shape index (κ3) is 3.77. The van der Waals surface area contributed by atoms with E-state index < -0.39 is 17.2 Å². The van der Waals surface area contributed by atoms with E-state index in [1.807, 2.05) is 24.3 Å². The summed E-state index contributed by atoms with van der Waals surface area (Å²) < 4.78 is 23.4. The topological polar surface area (TPSA) is 90.1 Å². The van der Waals surface area contributed by atoms with Crippen LogP contribution in [-0.4, -0.2) is 74.7 Å². The maximum absolute atomic E-state index is 13.7. The molecule has 2 aliphatic heterocycles. The van der Waals surface area contributed by atoms with Crippen LogP contribution in [0, 0.1) is 9.49 Å². The number of rotatable bonds is 8. The molecule has 3 fully saturated rings. The molecule has 5 rings (SSSR count). The third-order valence-electron chi connectivity index (χ3n) is 7.42. The summed E-state index contributed by atoms with van der Waals surface area (Å²) in [5.74, 6) is -1.73. The largest absolute Gasteiger partial charge is 0.468 e. The molecule has 2 aromatic rings. The molecule has 34 heavy (non-hydrogen) atoms. The Balaban J connectivity index is 1.85. The molecule has 9 heteroatoms. The lowest BCUT2D eigenvalue weighted by Gasteiger charge is -2.61. The van der Waals surface area contributed by atoms with E-state index in [1.54, 1.807) is 21.1 Å². The number of benzene rings is 1. The van der Waals surface area contributed by atoms with Crippen molar-refractivity contribution in [2.24, 2.45) is 5.92 Å². The van der Waals surface area contributed by atoms with Crippen molar-refractivity contribution in [2.75, 3.05) is 41.0 Å². The molecule has 0 radical (unpaired) electrons. The normalized spacial score (nSPS) is 25.9. The Morgan fingerprint density at radius 1 is 1.21 bits per heavy atom. The second kappa shape index (κ2) is 9.60. The number of piperidine rings is 2. The maximum atomic E-state index is 13.7. The van der Waals surface area contributed by atoms with Crippen molar-refractivity contribution in [1.29, 1.82) is 0 Å². The quantitative estimate of drug-likeness (QED) is 0.221. The van der Waals surface area contributed by atoms with Crippen LogP contribution in [0.25, 0.3) is 10.9 Å². The molecule has 3 atom stereocenters. The van der Waals surface area contributed by atoms with Crippen LogP contribution in [-0.2, 0) is 34.0 Å². The molecular weight excluding hydrogens is 551 g/mol. The number of halogens is 1. The summed E-state index contributed by atoms with van der Waals surface area (Å²) in [6.45, 7) is 6.86. The molecule has 0 amide bonds. The lowest BCUT2D eigenvalue weighted by atomic mass is 9.58. The lowest BCUT2D eigenvalue weighted by Crippen LogP contribution is -2.72. The van der Waals surface area contributed by atoms with Gasteiger partial charge in [-0.05, 0) is 42.0 Å². The Kier molecular flexibility index (Phi) is 7.10. The van der Waals surface area contributed by atoms with Crippen molar-refractivity contribution < 1.29 is 28.5 Å². The van der Waals surface area contributed by atoms with Crippen molar-refractivity contribution in [3.05, 3.63) is 45.7 Å². The molecule has 1 saturated carbocycles. The fraction of sp³-hybridized carbons (Fsp3) is 0.520. The number of aromatic amines is 1. The van der Waals surface area contributed by atoms with E-state index in [-0.39, 0.29) is 31.1 Å². The highest BCUT2D eigenvalue weighted by molar-refractivity contribution is 14.1. The van der Waals surface area contributed by atoms with Crippen molar-refractivity contribution in [3.8, 4) is 0 Å². The first-order valence-electron chi connectivity index (χ1n) is 11.3. The first kappa shape index (κ1) is 25.2. The van der Waals surface area contributed by atoms with Crippen LogP contribution in [0.15, 0.2) is 36.4 Å². The van der Waals surface area contributed by atoms with Gasteiger partial charge in [-0.15, -0.1) is 0 Å². The summed E-state index contributed by atoms with van der Waals surface area (Å²) in [5.41, 5.74) is 1.13. The van der Waals surface area contributed by atoms with E-state index in [0.717, 1.165) is 20.2 Å². The molecule has 184 valence electrons. The number of hydrogen-bond donors (Lipinski definition) is 1. The van der Waals surface area contributed by atoms with Crippen molar-refractivity contribution in [1.82, 2.24) is 9.88 Å². The molecule has 0 unspecified atom stereocenters. The minimum atomic E-state index is -0.997. The highest BCUT2D eigenvalue weighted by atomic mass is 127. The molecule has 1 aromatic carbocycles. The van der Waals surface area contributed by atoms with Crippen LogP contribution < -0.4 is 0 Å². The number of esters is 2. The van der Waals surface area contributed by atoms with Crippen LogP contribution in [0.1, 0.15) is 25.5 Å². The number of fused-ring (bicyclic) bond motifs is 4. The number of nitrogens with one attached hydrogen (secondary N) is 1. The summed E-state index contributed by atoms with van der Waals surface area (Å²) >= 11 is 2.31. The fourth-order valence-corrected chi connectivity index (χ4v) is 6.92. The zero-order valence-electron chi connectivity index (χ0n) is 20.0. The zero-order valence-corrected chi connectivity index (χ0v) is 22.1. The first-order chi connectivity index (χ1) is 16.3. The number of hydrogen-bond acceptors (Lipinski definition) is 7. The SMILES string of the molecule is C=C(CN1C[C@@H]2C[C@](C(=O)OC)(c3[nH]c4ccccc4c3I)[C@H]1CC2(OC)OC)C(=O)OCC. The van der Waals surface area contributed by atoms with E-state index in [0.29, 0.717) is 25.0 Å². The molecule has 2 saturated heterocycles. The molecule has 1 N–H and O–H groups in total. The molecular formula is C25H31IN2O6. The predicted molar refractivity (Wildman–Crippen MR) is 135 cm³/mol. The molecule has 2 bridgehead atoms. The summed E-state index contributed by atoms with van der Waals surface area (Å²) in [6, 6.07) is 7.63. The number of H-pyrrole nitrogens is 1. The number of nitrogens with zero attached hydrogens (tertiary/aromatic N) is 1. The number of ether oxygens (including phenoxy) is 4. The van der Waals surface area contributed by atoms with E-state index in [4.69, 9.17) is 18.9 Å². The van der Waals surface area contributed by atoms with Crippen molar-refractivity contribution >= 4 is 45.4 Å². The third-order valence-corrected chi connectivity index (χ3v) is 8.54. The van der Waals surface area contributed by atoms with Crippen molar-refractivity contribution in [3.63, 3.8) is 0 Å². The Hall–Kier alpha value is -1.95. The Morgan fingerprint density at radius 2 is 1.91 bits per heavy atom. The average molecular weight is 582 g/mol. The van der Waals surface area contributed by atoms with Gasteiger partial charge in [0.15, 0.2) is 5.79 Å². The summed E-state index contributed by atoms with van der Waals surface area (Å²) in [5, 5.41) is 1.05. The van der Waals surface area contributed by atoms with Crippen molar-refractivity contribution in [2.45, 2.75) is 37.0 Å². The highest BCUT2D eigenvalue weighted by Crippen LogP contribution is 2.55. The van der Waals surface area contributed by atoms with Gasteiger partial charge >= 0.3 is 11.9 Å². The standard InChI is InChI=1S/C25H31IN2O6/c1-6-34-22(29)15(2)13-28-14-16-11-24(23(30)31-3,19(28)12-25(16,32-4)33-5)21-20(26)17-9-7-8-10-18(17)27-21/h7-10,16,19,27H,2,6,11-14H2,1,3-5H3/t16-,19+,24+/m0/s1. The number of aromatic nitrogens is 1. The van der Waals surface area contributed by atoms with Crippen LogP contribution in [0.3, 0.4) is 0 Å². The highest BCUT2D eigenvalue weighted by Gasteiger charge is 2.66. The first-order valence-corrected chi connectivity index (χ1v) is 12.4. The number of methoxy groups -OCH3 is 3. The Morgan fingerprint density at radius 3 is 2.50 bits per heavy atom. The number of carbonyl (C=O) groups excluding carboxylic acids is 2. The van der Waals surface area contributed by atoms with Gasteiger partial charge in [0.2, 0.25) is 0 Å². The summed E-state index contributed by atoms with van der Waals surface area (Å²) in [6.07, 6.45) is 0.915. The summed E-state index contributed by atoms with van der Waals surface area (Å²) in [4.78, 5) is 31.7. The summed E-state index contributed by atoms with van der Waals surface area (Å²) in [7, 11) is 4.70. The number of carbonyl (C=O) groups is 2. The van der Waals surface area contributed by atoms with E-state index in [1.165, 1.54) is 7.11 Å². The van der Waals surface area contributed by atoms with Crippen LogP contribution >= 0.6 is 22.6 Å². The molecule has 1 aromatic heterocycles. The minimum absolute atomic E-state index is 0.149. The number of para-hydroxylation sites is 1. The predicted octanol–water partition coefficient (Wildman–Crippen LogP) is 3.39. The lowest BCUT2D eigenvalue weighted by molar-refractivity contribution is -0.296. The fourth-order valence-electron chi connectivity index (χ4n) is 5.83. The molecule has 1 aliphatic carbocycles. The molecule has 3 aliphatic rings. The van der Waals surface area contributed by atoms with Gasteiger partial charge in [0, 0.05) is 71.4 Å². The van der Waals surface area contributed by atoms with Crippen LogP contribution in [0.4, 0.5) is 0 Å². The smallest absolute Gasteiger partial charge is 0.334 e. The Bertz CT molecular complexity index is 1110. The van der Waals surface area contributed by atoms with E-state index >= 15 is 0 Å². The van der Waals surface area contributed by atoms with Gasteiger partial charge in [0.05, 0.1) is 13.7 Å². The van der Waals surface area contributed by atoms with Gasteiger partial charge in [-0.2, -0.15) is 0 Å². The molecule has 0 spiro atoms. The average Bonchev–Trinajstić information content (AvgIpc) is 3.20. The van der Waals surface area contributed by atoms with Gasteiger partial charge in [-0.1, -0.05) is 24.8 Å². The second-order valence-electron chi connectivity index (χ2n) is 8.92. The zero-order chi connectivity index (χ0) is 24.7. The van der Waals surface area contributed by atoms with Gasteiger partial charge in [-0.25, -0.2) is 4.79 Å². The van der Waals surface area contributed by atoms with Gasteiger partial charge in [0.1, 0.15) is 5.41 Å². The van der Waals surface area contributed by atoms with Crippen LogP contribution in [0.2, 0.25) is 0 Å².